The summed E-state index contributed by atoms with van der Waals surface area (Å²) >= 11 is 0. The lowest BCUT2D eigenvalue weighted by atomic mass is 9.90. The Morgan fingerprint density at radius 3 is 2.47 bits per heavy atom. The second-order valence-electron chi connectivity index (χ2n) is 11.1. The highest BCUT2D eigenvalue weighted by Gasteiger charge is 2.37. The fourth-order valence-electron chi connectivity index (χ4n) is 5.75. The molecule has 4 aromatic rings. The number of methoxy groups -OCH3 is 1. The number of aromatic nitrogens is 4. The number of hydrogen-bond acceptors (Lipinski definition) is 8. The van der Waals surface area contributed by atoms with Crippen molar-refractivity contribution in [3.63, 3.8) is 0 Å². The normalized spacial score (nSPS) is 19.1. The number of hydrogen-bond donors (Lipinski definition) is 0. The fraction of sp³-hybridized carbons (Fsp3) is 0.375. The highest BCUT2D eigenvalue weighted by molar-refractivity contribution is 5.82. The van der Waals surface area contributed by atoms with Crippen LogP contribution in [0.25, 0.3) is 16.9 Å². The van der Waals surface area contributed by atoms with Crippen molar-refractivity contribution in [1.29, 1.82) is 0 Å². The van der Waals surface area contributed by atoms with Gasteiger partial charge < -0.3 is 9.64 Å². The molecule has 0 saturated carbocycles. The Morgan fingerprint density at radius 2 is 1.79 bits per heavy atom. The molecule has 0 aliphatic carbocycles. The summed E-state index contributed by atoms with van der Waals surface area (Å²) in [5.41, 5.74) is 4.46. The summed E-state index contributed by atoms with van der Waals surface area (Å²) in [4.78, 5) is 30.9. The third-order valence-electron chi connectivity index (χ3n) is 8.23. The highest BCUT2D eigenvalue weighted by atomic mass is 19.2. The van der Waals surface area contributed by atoms with Crippen LogP contribution in [0.5, 0.6) is 0 Å². The van der Waals surface area contributed by atoms with Gasteiger partial charge in [0.2, 0.25) is 5.95 Å². The van der Waals surface area contributed by atoms with Gasteiger partial charge in [0, 0.05) is 70.0 Å². The average Bonchev–Trinajstić information content (AvgIpc) is 3.55. The number of halogens is 2. The first kappa shape index (κ1) is 29.0. The minimum Gasteiger partial charge on any atom is -0.378 e. The predicted octanol–water partition coefficient (Wildman–Crippen LogP) is 4.88. The molecule has 43 heavy (non-hydrogen) atoms. The summed E-state index contributed by atoms with van der Waals surface area (Å²) in [5.74, 6) is -1.42. The van der Waals surface area contributed by atoms with Gasteiger partial charge in [0.25, 0.3) is 0 Å². The molecule has 2 aromatic heterocycles. The first-order valence-electron chi connectivity index (χ1n) is 14.5. The molecular formula is C32H34F2N6O3. The maximum Gasteiger partial charge on any atom is 0.225 e. The number of rotatable bonds is 10. The number of nitrogens with zero attached hydrogens (tertiary/aromatic N) is 6. The van der Waals surface area contributed by atoms with Crippen molar-refractivity contribution in [2.75, 3.05) is 38.2 Å². The van der Waals surface area contributed by atoms with E-state index in [0.29, 0.717) is 30.3 Å². The second-order valence-corrected chi connectivity index (χ2v) is 11.1. The van der Waals surface area contributed by atoms with Crippen LogP contribution in [0.2, 0.25) is 0 Å². The van der Waals surface area contributed by atoms with E-state index in [1.807, 2.05) is 48.9 Å². The summed E-state index contributed by atoms with van der Waals surface area (Å²) in [6, 6.07) is 13.5. The predicted molar refractivity (Wildman–Crippen MR) is 157 cm³/mol. The molecule has 0 amide bonds. The van der Waals surface area contributed by atoms with E-state index in [2.05, 4.69) is 14.9 Å². The van der Waals surface area contributed by atoms with Crippen molar-refractivity contribution in [1.82, 2.24) is 24.8 Å². The standard InChI is InChI=1S/C32H34F2N6O3/c1-4-39-17-22(31(43-39)21-10-11-27(33)28(34)13-21)12-25(41)14-29-20(2)30(37-40(29)24-8-6-5-7-9-24)23-15-35-32(36-16-23)38-18-26(19-38)42-3/h5-11,13,15-16,22,26,31H,4,12,14,17-19H2,1-3H3/t22-,31+/m1/s1. The molecule has 11 heteroatoms. The zero-order valence-electron chi connectivity index (χ0n) is 24.4. The molecule has 2 atom stereocenters. The molecule has 0 spiro atoms. The van der Waals surface area contributed by atoms with Crippen LogP contribution in [0.1, 0.15) is 36.3 Å². The van der Waals surface area contributed by atoms with E-state index < -0.39 is 17.7 Å². The Labute approximate surface area is 249 Å². The second kappa shape index (κ2) is 12.3. The molecule has 6 rings (SSSR count). The van der Waals surface area contributed by atoms with Crippen molar-refractivity contribution < 1.29 is 23.1 Å². The number of para-hydroxylation sites is 1. The van der Waals surface area contributed by atoms with Gasteiger partial charge in [0.05, 0.1) is 23.2 Å². The van der Waals surface area contributed by atoms with Crippen molar-refractivity contribution in [3.05, 3.63) is 89.4 Å². The van der Waals surface area contributed by atoms with Crippen LogP contribution < -0.4 is 4.90 Å². The topological polar surface area (TPSA) is 85.6 Å². The lowest BCUT2D eigenvalue weighted by Gasteiger charge is -2.37. The molecule has 2 aliphatic rings. The van der Waals surface area contributed by atoms with Crippen LogP contribution in [0.4, 0.5) is 14.7 Å². The number of Topliss-reactive ketones (excluding diaryl/α,β-unsaturated/α-hetero) is 1. The molecule has 9 nitrogen and oxygen atoms in total. The van der Waals surface area contributed by atoms with Crippen LogP contribution in [0.3, 0.4) is 0 Å². The number of carbonyl (C=O) groups excluding carboxylic acids is 1. The minimum atomic E-state index is -0.933. The quantitative estimate of drug-likeness (QED) is 0.259. The summed E-state index contributed by atoms with van der Waals surface area (Å²) in [7, 11) is 1.70. The number of ether oxygens (including phenoxy) is 1. The third-order valence-corrected chi connectivity index (χ3v) is 8.23. The van der Waals surface area contributed by atoms with Crippen LogP contribution in [0.15, 0.2) is 60.9 Å². The molecule has 0 bridgehead atoms. The molecule has 0 N–H and O–H groups in total. The van der Waals surface area contributed by atoms with Crippen LogP contribution in [-0.4, -0.2) is 70.0 Å². The smallest absolute Gasteiger partial charge is 0.225 e. The fourth-order valence-corrected chi connectivity index (χ4v) is 5.75. The number of carbonyl (C=O) groups is 1. The number of anilines is 1. The van der Waals surface area contributed by atoms with E-state index >= 15 is 0 Å². The Morgan fingerprint density at radius 1 is 1.05 bits per heavy atom. The summed E-state index contributed by atoms with van der Waals surface area (Å²) in [5, 5.41) is 6.68. The van der Waals surface area contributed by atoms with Gasteiger partial charge >= 0.3 is 0 Å². The SMILES string of the molecule is CCN1C[C@@H](CC(=O)Cc2c(C)c(-c3cnc(N4CC(OC)C4)nc3)nn2-c2ccccc2)[C@H](c2ccc(F)c(F)c2)O1. The van der Waals surface area contributed by atoms with Gasteiger partial charge in [0.1, 0.15) is 11.9 Å². The Balaban J connectivity index is 1.25. The molecule has 224 valence electrons. The molecule has 0 radical (unpaired) electrons. The van der Waals surface area contributed by atoms with E-state index in [4.69, 9.17) is 14.7 Å². The highest BCUT2D eigenvalue weighted by Crippen LogP contribution is 2.37. The zero-order chi connectivity index (χ0) is 30.1. The largest absolute Gasteiger partial charge is 0.378 e. The van der Waals surface area contributed by atoms with E-state index in [1.165, 1.54) is 6.07 Å². The van der Waals surface area contributed by atoms with Gasteiger partial charge in [-0.25, -0.2) is 23.4 Å². The summed E-state index contributed by atoms with van der Waals surface area (Å²) in [6.45, 7) is 6.54. The number of hydroxylamine groups is 2. The van der Waals surface area contributed by atoms with Gasteiger partial charge in [-0.3, -0.25) is 9.63 Å². The molecule has 2 aliphatic heterocycles. The average molecular weight is 589 g/mol. The van der Waals surface area contributed by atoms with E-state index in [-0.39, 0.29) is 30.6 Å². The molecular weight excluding hydrogens is 554 g/mol. The summed E-state index contributed by atoms with van der Waals surface area (Å²) < 4.78 is 34.8. The van der Waals surface area contributed by atoms with Crippen molar-refractivity contribution in [2.24, 2.45) is 5.92 Å². The lowest BCUT2D eigenvalue weighted by molar-refractivity contribution is -0.146. The van der Waals surface area contributed by atoms with Crippen LogP contribution in [-0.2, 0) is 20.8 Å². The van der Waals surface area contributed by atoms with Gasteiger partial charge in [-0.1, -0.05) is 31.2 Å². The Bertz CT molecular complexity index is 1590. The van der Waals surface area contributed by atoms with Crippen LogP contribution in [0, 0.1) is 24.5 Å². The van der Waals surface area contributed by atoms with E-state index in [1.54, 1.807) is 24.6 Å². The maximum atomic E-state index is 14.1. The van der Waals surface area contributed by atoms with Gasteiger partial charge in [-0.05, 0) is 42.3 Å². The molecule has 0 unspecified atom stereocenters. The minimum absolute atomic E-state index is 0.00273. The van der Waals surface area contributed by atoms with Crippen molar-refractivity contribution in [2.45, 2.75) is 38.9 Å². The van der Waals surface area contributed by atoms with Crippen molar-refractivity contribution >= 4 is 11.7 Å². The van der Waals surface area contributed by atoms with Gasteiger partial charge in [-0.2, -0.15) is 10.2 Å². The molecule has 2 fully saturated rings. The van der Waals surface area contributed by atoms with Crippen molar-refractivity contribution in [3.8, 4) is 16.9 Å². The first-order valence-corrected chi connectivity index (χ1v) is 14.5. The Hall–Kier alpha value is -4.06. The zero-order valence-corrected chi connectivity index (χ0v) is 24.4. The number of benzene rings is 2. The van der Waals surface area contributed by atoms with E-state index in [9.17, 15) is 13.6 Å². The third kappa shape index (κ3) is 5.93. The molecule has 4 heterocycles. The molecule has 2 saturated heterocycles. The molecule has 2 aromatic carbocycles. The van der Waals surface area contributed by atoms with E-state index in [0.717, 1.165) is 47.7 Å². The first-order chi connectivity index (χ1) is 20.8. The maximum absolute atomic E-state index is 14.1. The van der Waals surface area contributed by atoms with Crippen LogP contribution >= 0.6 is 0 Å². The number of ketones is 1. The summed E-state index contributed by atoms with van der Waals surface area (Å²) in [6.07, 6.45) is 3.54. The van der Waals surface area contributed by atoms with Gasteiger partial charge in [0.15, 0.2) is 11.6 Å². The van der Waals surface area contributed by atoms with Gasteiger partial charge in [-0.15, -0.1) is 0 Å². The Kier molecular flexibility index (Phi) is 8.29. The lowest BCUT2D eigenvalue weighted by Crippen LogP contribution is -2.52. The monoisotopic (exact) mass is 588 g/mol.